The summed E-state index contributed by atoms with van der Waals surface area (Å²) in [5.74, 6) is 0.593. The van der Waals surface area contributed by atoms with Gasteiger partial charge in [0.05, 0.1) is 23.3 Å². The standard InChI is InChI=1S/C25H21BrN2O4S/c1-13-9-16(24(30)31-4)5-7-19(13)20-8-6-18(32-20)12-21-23(29)28-25(33-21)27-17-10-14(2)22(26)15(3)11-17/h5-12H,1-4H3,(H,27,28,29)/b21-12-. The zero-order chi connectivity index (χ0) is 23.7. The van der Waals surface area contributed by atoms with Crippen molar-refractivity contribution in [2.75, 3.05) is 7.11 Å². The van der Waals surface area contributed by atoms with Gasteiger partial charge in [-0.3, -0.25) is 4.79 Å². The number of carbonyl (C=O) groups excluding carboxylic acids is 2. The van der Waals surface area contributed by atoms with Crippen LogP contribution in [0.25, 0.3) is 17.4 Å². The number of amides is 1. The molecule has 3 aromatic rings. The van der Waals surface area contributed by atoms with Gasteiger partial charge in [-0.15, -0.1) is 0 Å². The number of rotatable bonds is 4. The van der Waals surface area contributed by atoms with Crippen LogP contribution in [0.15, 0.2) is 61.3 Å². The molecule has 2 heterocycles. The summed E-state index contributed by atoms with van der Waals surface area (Å²) in [5.41, 5.74) is 5.17. The van der Waals surface area contributed by atoms with E-state index in [9.17, 15) is 9.59 Å². The summed E-state index contributed by atoms with van der Waals surface area (Å²) in [7, 11) is 1.35. The minimum absolute atomic E-state index is 0.221. The highest BCUT2D eigenvalue weighted by Crippen LogP contribution is 2.32. The number of benzene rings is 2. The zero-order valence-electron chi connectivity index (χ0n) is 18.5. The maximum absolute atomic E-state index is 12.5. The first kappa shape index (κ1) is 23.1. The Labute approximate surface area is 204 Å². The summed E-state index contributed by atoms with van der Waals surface area (Å²) in [6.07, 6.45) is 1.70. The molecule has 4 rings (SSSR count). The summed E-state index contributed by atoms with van der Waals surface area (Å²) in [5, 5.41) is 3.33. The Hall–Kier alpha value is -3.10. The van der Waals surface area contributed by atoms with Gasteiger partial charge in [0.2, 0.25) is 0 Å². The number of nitrogens with one attached hydrogen (secondary N) is 1. The van der Waals surface area contributed by atoms with Gasteiger partial charge in [0.1, 0.15) is 11.5 Å². The van der Waals surface area contributed by atoms with E-state index in [0.717, 1.165) is 32.4 Å². The lowest BCUT2D eigenvalue weighted by molar-refractivity contribution is -0.115. The van der Waals surface area contributed by atoms with Gasteiger partial charge in [-0.05, 0) is 85.6 Å². The maximum Gasteiger partial charge on any atom is 0.337 e. The molecule has 1 aliphatic rings. The van der Waals surface area contributed by atoms with Crippen LogP contribution in [-0.4, -0.2) is 24.2 Å². The number of methoxy groups -OCH3 is 1. The molecule has 168 valence electrons. The number of hydrogen-bond acceptors (Lipinski definition) is 6. The van der Waals surface area contributed by atoms with E-state index < -0.39 is 0 Å². The summed E-state index contributed by atoms with van der Waals surface area (Å²) in [6.45, 7) is 5.91. The van der Waals surface area contributed by atoms with Crippen LogP contribution < -0.4 is 5.32 Å². The second-order valence-electron chi connectivity index (χ2n) is 7.60. The Bertz CT molecular complexity index is 1320. The van der Waals surface area contributed by atoms with E-state index in [4.69, 9.17) is 9.15 Å². The van der Waals surface area contributed by atoms with E-state index in [2.05, 4.69) is 26.2 Å². The van der Waals surface area contributed by atoms with Crippen molar-refractivity contribution in [2.24, 2.45) is 4.99 Å². The van der Waals surface area contributed by atoms with Gasteiger partial charge in [0.15, 0.2) is 5.17 Å². The van der Waals surface area contributed by atoms with Gasteiger partial charge in [-0.1, -0.05) is 22.0 Å². The lowest BCUT2D eigenvalue weighted by Gasteiger charge is -2.05. The minimum atomic E-state index is -0.385. The third-order valence-corrected chi connectivity index (χ3v) is 7.28. The Morgan fingerprint density at radius 2 is 1.82 bits per heavy atom. The SMILES string of the molecule is COC(=O)c1ccc(-c2ccc(/C=C3\SC(=Nc4cc(C)c(Br)c(C)c4)NC3=O)o2)c(C)c1. The zero-order valence-corrected chi connectivity index (χ0v) is 20.9. The van der Waals surface area contributed by atoms with Crippen LogP contribution in [0.3, 0.4) is 0 Å². The molecule has 0 spiro atoms. The number of halogens is 1. The van der Waals surface area contributed by atoms with Gasteiger partial charge < -0.3 is 14.5 Å². The molecule has 6 nitrogen and oxygen atoms in total. The molecular weight excluding hydrogens is 504 g/mol. The number of amidine groups is 1. The predicted molar refractivity (Wildman–Crippen MR) is 135 cm³/mol. The van der Waals surface area contributed by atoms with E-state index in [0.29, 0.717) is 27.2 Å². The quantitative estimate of drug-likeness (QED) is 0.319. The molecule has 1 amide bonds. The molecule has 33 heavy (non-hydrogen) atoms. The largest absolute Gasteiger partial charge is 0.465 e. The number of hydrogen-bond donors (Lipinski definition) is 1. The molecule has 0 saturated carbocycles. The topological polar surface area (TPSA) is 80.9 Å². The van der Waals surface area contributed by atoms with Crippen LogP contribution in [0.2, 0.25) is 0 Å². The van der Waals surface area contributed by atoms with Crippen molar-refractivity contribution < 1.29 is 18.7 Å². The van der Waals surface area contributed by atoms with E-state index in [1.54, 1.807) is 24.3 Å². The Morgan fingerprint density at radius 1 is 1.09 bits per heavy atom. The van der Waals surface area contributed by atoms with Crippen molar-refractivity contribution in [2.45, 2.75) is 20.8 Å². The van der Waals surface area contributed by atoms with Crippen LogP contribution >= 0.6 is 27.7 Å². The summed E-state index contributed by atoms with van der Waals surface area (Å²) >= 11 is 4.82. The molecule has 1 aromatic heterocycles. The number of thioether (sulfide) groups is 1. The fourth-order valence-electron chi connectivity index (χ4n) is 3.47. The molecule has 1 N–H and O–H groups in total. The van der Waals surface area contributed by atoms with Crippen LogP contribution in [-0.2, 0) is 9.53 Å². The third kappa shape index (κ3) is 4.96. The van der Waals surface area contributed by atoms with E-state index >= 15 is 0 Å². The highest BCUT2D eigenvalue weighted by atomic mass is 79.9. The van der Waals surface area contributed by atoms with Crippen molar-refractivity contribution in [3.63, 3.8) is 0 Å². The lowest BCUT2D eigenvalue weighted by atomic mass is 10.0. The van der Waals surface area contributed by atoms with Gasteiger partial charge in [0, 0.05) is 16.1 Å². The molecular formula is C25H21BrN2O4S. The van der Waals surface area contributed by atoms with E-state index in [-0.39, 0.29) is 11.9 Å². The summed E-state index contributed by atoms with van der Waals surface area (Å²) in [6, 6.07) is 12.9. The third-order valence-electron chi connectivity index (χ3n) is 5.12. The van der Waals surface area contributed by atoms with Gasteiger partial charge >= 0.3 is 5.97 Å². The number of carbonyl (C=O) groups is 2. The van der Waals surface area contributed by atoms with E-state index in [1.807, 2.05) is 45.0 Å². The second kappa shape index (κ2) is 9.41. The first-order valence-corrected chi connectivity index (χ1v) is 11.7. The summed E-state index contributed by atoms with van der Waals surface area (Å²) in [4.78, 5) is 29.3. The van der Waals surface area contributed by atoms with Crippen molar-refractivity contribution in [3.05, 3.63) is 79.9 Å². The van der Waals surface area contributed by atoms with Crippen molar-refractivity contribution >= 4 is 56.5 Å². The lowest BCUT2D eigenvalue weighted by Crippen LogP contribution is -2.19. The normalized spacial score (nSPS) is 15.8. The van der Waals surface area contributed by atoms with Gasteiger partial charge in [-0.2, -0.15) is 0 Å². The molecule has 0 aliphatic carbocycles. The number of aryl methyl sites for hydroxylation is 3. The average Bonchev–Trinajstić information content (AvgIpc) is 3.37. The molecule has 2 aromatic carbocycles. The number of nitrogens with zero attached hydrogens (tertiary/aromatic N) is 1. The van der Waals surface area contributed by atoms with Gasteiger partial charge in [-0.25, -0.2) is 9.79 Å². The Balaban J connectivity index is 1.55. The first-order chi connectivity index (χ1) is 15.7. The molecule has 0 bridgehead atoms. The molecule has 1 saturated heterocycles. The molecule has 0 atom stereocenters. The van der Waals surface area contributed by atoms with Crippen LogP contribution in [0.4, 0.5) is 5.69 Å². The van der Waals surface area contributed by atoms with Crippen LogP contribution in [0.5, 0.6) is 0 Å². The average molecular weight is 525 g/mol. The first-order valence-electron chi connectivity index (χ1n) is 10.1. The minimum Gasteiger partial charge on any atom is -0.465 e. The highest BCUT2D eigenvalue weighted by Gasteiger charge is 2.24. The Morgan fingerprint density at radius 3 is 2.48 bits per heavy atom. The van der Waals surface area contributed by atoms with Crippen LogP contribution in [0, 0.1) is 20.8 Å². The van der Waals surface area contributed by atoms with Crippen molar-refractivity contribution in [1.82, 2.24) is 5.32 Å². The number of aliphatic imine (C=N–C) groups is 1. The second-order valence-corrected chi connectivity index (χ2v) is 9.42. The van der Waals surface area contributed by atoms with Crippen molar-refractivity contribution in [1.29, 1.82) is 0 Å². The van der Waals surface area contributed by atoms with Gasteiger partial charge in [0.25, 0.3) is 5.91 Å². The van der Waals surface area contributed by atoms with Crippen LogP contribution in [0.1, 0.15) is 32.8 Å². The molecule has 8 heteroatoms. The maximum atomic E-state index is 12.5. The monoisotopic (exact) mass is 524 g/mol. The van der Waals surface area contributed by atoms with E-state index in [1.165, 1.54) is 18.9 Å². The number of furan rings is 1. The molecule has 1 fully saturated rings. The van der Waals surface area contributed by atoms with Crippen molar-refractivity contribution in [3.8, 4) is 11.3 Å². The predicted octanol–water partition coefficient (Wildman–Crippen LogP) is 6.31. The summed E-state index contributed by atoms with van der Waals surface area (Å²) < 4.78 is 11.8. The number of esters is 1. The smallest absolute Gasteiger partial charge is 0.337 e. The number of ether oxygens (including phenoxy) is 1. The molecule has 1 aliphatic heterocycles. The fraction of sp³-hybridized carbons (Fsp3) is 0.160. The molecule has 0 unspecified atom stereocenters. The highest BCUT2D eigenvalue weighted by molar-refractivity contribution is 9.10. The Kier molecular flexibility index (Phi) is 6.58. The fourth-order valence-corrected chi connectivity index (χ4v) is 4.53. The molecule has 0 radical (unpaired) electrons.